The molecule has 0 fully saturated rings. The van der Waals surface area contributed by atoms with Crippen LogP contribution in [0.15, 0.2) is 24.3 Å². The van der Waals surface area contributed by atoms with Crippen LogP contribution in [0.5, 0.6) is 0 Å². The molecule has 0 aliphatic rings. The number of rotatable bonds is 45. The lowest BCUT2D eigenvalue weighted by atomic mass is 10.0. The SMILES string of the molecule is CCCCCCCCCC/C=C\CCCCCCCCCCCC(=O)NC(CO)C(O)/C=C/CCCCCCCCCCCCCCCCCCCCC. The van der Waals surface area contributed by atoms with Crippen LogP contribution >= 0.6 is 0 Å². The number of allylic oxidation sites excluding steroid dienone is 3. The van der Waals surface area contributed by atoms with Gasteiger partial charge in [0, 0.05) is 6.42 Å². The van der Waals surface area contributed by atoms with Crippen LogP contribution in [0.3, 0.4) is 0 Å². The molecule has 320 valence electrons. The first-order valence-electron chi connectivity index (χ1n) is 24.6. The lowest BCUT2D eigenvalue weighted by Crippen LogP contribution is -2.45. The summed E-state index contributed by atoms with van der Waals surface area (Å²) in [5.74, 6) is -0.0628. The highest BCUT2D eigenvalue weighted by Gasteiger charge is 2.18. The molecule has 0 rings (SSSR count). The molecule has 0 aromatic carbocycles. The summed E-state index contributed by atoms with van der Waals surface area (Å²) in [6, 6.07) is -0.621. The Morgan fingerprint density at radius 2 is 0.704 bits per heavy atom. The van der Waals surface area contributed by atoms with E-state index in [4.69, 9.17) is 0 Å². The topological polar surface area (TPSA) is 69.6 Å². The van der Waals surface area contributed by atoms with Gasteiger partial charge in [0.05, 0.1) is 18.8 Å². The average Bonchev–Trinajstić information content (AvgIpc) is 3.18. The predicted octanol–water partition coefficient (Wildman–Crippen LogP) is 15.6. The summed E-state index contributed by atoms with van der Waals surface area (Å²) in [5.41, 5.74) is 0. The summed E-state index contributed by atoms with van der Waals surface area (Å²) >= 11 is 0. The van der Waals surface area contributed by atoms with Crippen molar-refractivity contribution in [3.05, 3.63) is 24.3 Å². The second kappa shape index (κ2) is 46.3. The van der Waals surface area contributed by atoms with Gasteiger partial charge in [-0.2, -0.15) is 0 Å². The average molecular weight is 760 g/mol. The van der Waals surface area contributed by atoms with Gasteiger partial charge in [0.2, 0.25) is 5.91 Å². The first-order chi connectivity index (χ1) is 26.7. The summed E-state index contributed by atoms with van der Waals surface area (Å²) in [5, 5.41) is 23.1. The van der Waals surface area contributed by atoms with Gasteiger partial charge in [-0.15, -0.1) is 0 Å². The Morgan fingerprint density at radius 3 is 1.02 bits per heavy atom. The van der Waals surface area contributed by atoms with Gasteiger partial charge < -0.3 is 15.5 Å². The zero-order valence-electron chi connectivity index (χ0n) is 36.8. The number of hydrogen-bond donors (Lipinski definition) is 3. The molecule has 0 aliphatic carbocycles. The normalized spacial score (nSPS) is 13.0. The van der Waals surface area contributed by atoms with Gasteiger partial charge in [0.25, 0.3) is 0 Å². The zero-order chi connectivity index (χ0) is 39.3. The molecule has 1 amide bonds. The van der Waals surface area contributed by atoms with Crippen molar-refractivity contribution in [1.82, 2.24) is 5.32 Å². The number of amides is 1. The Balaban J connectivity index is 3.52. The number of unbranched alkanes of at least 4 members (excludes halogenated alkanes) is 36. The Bertz CT molecular complexity index is 780. The third-order valence-corrected chi connectivity index (χ3v) is 11.4. The minimum Gasteiger partial charge on any atom is -0.394 e. The molecule has 0 aliphatic heterocycles. The van der Waals surface area contributed by atoms with Crippen LogP contribution in [0.1, 0.15) is 271 Å². The van der Waals surface area contributed by atoms with E-state index in [2.05, 4.69) is 31.3 Å². The van der Waals surface area contributed by atoms with Crippen molar-refractivity contribution in [1.29, 1.82) is 0 Å². The van der Waals surface area contributed by atoms with Gasteiger partial charge in [-0.25, -0.2) is 0 Å². The van der Waals surface area contributed by atoms with E-state index in [0.29, 0.717) is 6.42 Å². The molecule has 0 bridgehead atoms. The van der Waals surface area contributed by atoms with E-state index in [9.17, 15) is 15.0 Å². The fourth-order valence-corrected chi connectivity index (χ4v) is 7.65. The van der Waals surface area contributed by atoms with Crippen LogP contribution in [0.4, 0.5) is 0 Å². The van der Waals surface area contributed by atoms with E-state index < -0.39 is 12.1 Å². The van der Waals surface area contributed by atoms with Crippen LogP contribution in [-0.2, 0) is 4.79 Å². The predicted molar refractivity (Wildman–Crippen MR) is 239 cm³/mol. The summed E-state index contributed by atoms with van der Waals surface area (Å²) in [6.07, 6.45) is 60.2. The Labute approximate surface area is 339 Å². The van der Waals surface area contributed by atoms with Crippen molar-refractivity contribution in [2.24, 2.45) is 0 Å². The van der Waals surface area contributed by atoms with E-state index in [-0.39, 0.29) is 12.5 Å². The second-order valence-corrected chi connectivity index (χ2v) is 16.9. The second-order valence-electron chi connectivity index (χ2n) is 16.9. The van der Waals surface area contributed by atoms with E-state index >= 15 is 0 Å². The van der Waals surface area contributed by atoms with Gasteiger partial charge >= 0.3 is 0 Å². The minimum atomic E-state index is -0.838. The number of aliphatic hydroxyl groups excluding tert-OH is 2. The molecular weight excluding hydrogens is 663 g/mol. The van der Waals surface area contributed by atoms with E-state index in [0.717, 1.165) is 25.7 Å². The standard InChI is InChI=1S/C50H97NO3/c1-3-5-7-9-11-13-15-17-19-21-23-25-27-29-31-33-35-37-39-41-43-45-49(53)48(47-52)51-50(54)46-44-42-40-38-36-34-32-30-28-26-24-22-20-18-16-14-12-10-8-6-4-2/h22,24,43,45,48-49,52-53H,3-21,23,25-42,44,46-47H2,1-2H3,(H,51,54)/b24-22-,45-43+. The molecule has 0 saturated carbocycles. The molecule has 2 unspecified atom stereocenters. The number of hydrogen-bond acceptors (Lipinski definition) is 3. The first kappa shape index (κ1) is 52.9. The van der Waals surface area contributed by atoms with Gasteiger partial charge in [-0.05, 0) is 44.9 Å². The van der Waals surface area contributed by atoms with Crippen LogP contribution in [-0.4, -0.2) is 34.9 Å². The number of aliphatic hydroxyl groups is 2. The maximum absolute atomic E-state index is 12.4. The third kappa shape index (κ3) is 42.0. The monoisotopic (exact) mass is 760 g/mol. The maximum Gasteiger partial charge on any atom is 0.220 e. The smallest absolute Gasteiger partial charge is 0.220 e. The molecule has 2 atom stereocenters. The van der Waals surface area contributed by atoms with Gasteiger partial charge in [-0.1, -0.05) is 244 Å². The molecule has 4 nitrogen and oxygen atoms in total. The summed E-state index contributed by atoms with van der Waals surface area (Å²) in [6.45, 7) is 4.33. The van der Waals surface area contributed by atoms with Crippen molar-refractivity contribution in [3.8, 4) is 0 Å². The number of carbonyl (C=O) groups is 1. The molecule has 0 heterocycles. The zero-order valence-corrected chi connectivity index (χ0v) is 36.8. The molecule has 4 heteroatoms. The van der Waals surface area contributed by atoms with Crippen molar-refractivity contribution in [3.63, 3.8) is 0 Å². The fourth-order valence-electron chi connectivity index (χ4n) is 7.65. The molecule has 54 heavy (non-hydrogen) atoms. The van der Waals surface area contributed by atoms with Gasteiger partial charge in [-0.3, -0.25) is 4.79 Å². The van der Waals surface area contributed by atoms with Crippen LogP contribution in [0, 0.1) is 0 Å². The molecule has 3 N–H and O–H groups in total. The molecule has 0 aromatic heterocycles. The quantitative estimate of drug-likeness (QED) is 0.0428. The highest BCUT2D eigenvalue weighted by Crippen LogP contribution is 2.16. The number of nitrogens with one attached hydrogen (secondary N) is 1. The van der Waals surface area contributed by atoms with Crippen LogP contribution < -0.4 is 5.32 Å². The van der Waals surface area contributed by atoms with Crippen molar-refractivity contribution >= 4 is 5.91 Å². The largest absolute Gasteiger partial charge is 0.394 e. The first-order valence-corrected chi connectivity index (χ1v) is 24.6. The molecule has 0 saturated heterocycles. The Kier molecular flexibility index (Phi) is 45.3. The van der Waals surface area contributed by atoms with Crippen LogP contribution in [0.2, 0.25) is 0 Å². The van der Waals surface area contributed by atoms with Crippen molar-refractivity contribution < 1.29 is 15.0 Å². The minimum absolute atomic E-state index is 0.0628. The lowest BCUT2D eigenvalue weighted by molar-refractivity contribution is -0.123. The van der Waals surface area contributed by atoms with Crippen molar-refractivity contribution in [2.75, 3.05) is 6.61 Å². The van der Waals surface area contributed by atoms with E-state index in [1.165, 1.54) is 225 Å². The highest BCUT2D eigenvalue weighted by molar-refractivity contribution is 5.76. The lowest BCUT2D eigenvalue weighted by Gasteiger charge is -2.20. The molecule has 0 radical (unpaired) electrons. The van der Waals surface area contributed by atoms with E-state index in [1.807, 2.05) is 6.08 Å². The molecular formula is C50H97NO3. The van der Waals surface area contributed by atoms with Gasteiger partial charge in [0.1, 0.15) is 0 Å². The number of carbonyl (C=O) groups excluding carboxylic acids is 1. The third-order valence-electron chi connectivity index (χ3n) is 11.4. The summed E-state index contributed by atoms with van der Waals surface area (Å²) in [7, 11) is 0. The van der Waals surface area contributed by atoms with Gasteiger partial charge in [0.15, 0.2) is 0 Å². The Morgan fingerprint density at radius 1 is 0.426 bits per heavy atom. The highest BCUT2D eigenvalue weighted by atomic mass is 16.3. The fraction of sp³-hybridized carbons (Fsp3) is 0.900. The van der Waals surface area contributed by atoms with Crippen molar-refractivity contribution in [2.45, 2.75) is 283 Å². The van der Waals surface area contributed by atoms with E-state index in [1.54, 1.807) is 6.08 Å². The Hall–Kier alpha value is -1.13. The summed E-state index contributed by atoms with van der Waals surface area (Å²) in [4.78, 5) is 12.4. The maximum atomic E-state index is 12.4. The summed E-state index contributed by atoms with van der Waals surface area (Å²) < 4.78 is 0. The molecule has 0 aromatic rings. The molecule has 0 spiro atoms. The van der Waals surface area contributed by atoms with Crippen LogP contribution in [0.25, 0.3) is 0 Å².